The fourth-order valence-electron chi connectivity index (χ4n) is 2.05. The molecule has 8 nitrogen and oxygen atoms in total. The van der Waals surface area contributed by atoms with Crippen molar-refractivity contribution in [3.05, 3.63) is 29.8 Å². The number of hydrogen-bond acceptors (Lipinski definition) is 5. The van der Waals surface area contributed by atoms with Gasteiger partial charge in [-0.2, -0.15) is 4.31 Å². The minimum Gasteiger partial charge on any atom is -0.353 e. The number of hydrogen-bond donors (Lipinski definition) is 3. The number of rotatable bonds is 9. The van der Waals surface area contributed by atoms with E-state index in [9.17, 15) is 18.0 Å². The Balaban J connectivity index is 0.00000576. The van der Waals surface area contributed by atoms with Gasteiger partial charge in [0, 0.05) is 31.7 Å². The number of carbonyl (C=O) groups excluding carboxylic acids is 2. The fraction of sp³-hybridized carbons (Fsp3) is 0.467. The molecule has 0 radical (unpaired) electrons. The Morgan fingerprint density at radius 2 is 1.80 bits per heavy atom. The number of benzene rings is 1. The smallest absolute Gasteiger partial charge is 0.251 e. The van der Waals surface area contributed by atoms with E-state index in [0.717, 1.165) is 0 Å². The summed E-state index contributed by atoms with van der Waals surface area (Å²) in [6.45, 7) is 4.62. The van der Waals surface area contributed by atoms with Crippen molar-refractivity contribution in [2.75, 3.05) is 32.7 Å². The molecule has 0 spiro atoms. The highest BCUT2D eigenvalue weighted by atomic mass is 35.5. The molecule has 0 saturated carbocycles. The summed E-state index contributed by atoms with van der Waals surface area (Å²) in [5.74, 6) is -0.879. The highest BCUT2D eigenvalue weighted by molar-refractivity contribution is 7.89. The molecule has 1 rings (SSSR count). The van der Waals surface area contributed by atoms with Gasteiger partial charge in [0.2, 0.25) is 15.9 Å². The molecule has 1 aromatic rings. The number of amides is 2. The van der Waals surface area contributed by atoms with Crippen molar-refractivity contribution in [3.63, 3.8) is 0 Å². The first kappa shape index (κ1) is 23.3. The van der Waals surface area contributed by atoms with Crippen LogP contribution in [-0.2, 0) is 14.8 Å². The molecular formula is C15H25ClN4O4S. The van der Waals surface area contributed by atoms with E-state index in [-0.39, 0.29) is 35.3 Å². The summed E-state index contributed by atoms with van der Waals surface area (Å²) in [7, 11) is -3.64. The fourth-order valence-corrected chi connectivity index (χ4v) is 3.55. The molecule has 0 aliphatic carbocycles. The van der Waals surface area contributed by atoms with Crippen LogP contribution in [0.15, 0.2) is 29.2 Å². The standard InChI is InChI=1S/C15H24N4O4S.ClH/c1-3-19(4-2)24(22,23)13-7-5-6-12(10-13)15(21)18-11-14(20)17-9-8-16;/h5-7,10H,3-4,8-9,11,16H2,1-2H3,(H,17,20)(H,18,21);1H. The van der Waals surface area contributed by atoms with Crippen LogP contribution < -0.4 is 16.4 Å². The minimum absolute atomic E-state index is 0. The van der Waals surface area contributed by atoms with Crippen molar-refractivity contribution in [2.45, 2.75) is 18.7 Å². The van der Waals surface area contributed by atoms with Gasteiger partial charge in [0.1, 0.15) is 0 Å². The van der Waals surface area contributed by atoms with Crippen molar-refractivity contribution in [3.8, 4) is 0 Å². The van der Waals surface area contributed by atoms with E-state index in [1.165, 1.54) is 28.6 Å². The Bertz CT molecular complexity index is 678. The molecule has 1 aromatic carbocycles. The zero-order valence-electron chi connectivity index (χ0n) is 14.3. The Morgan fingerprint density at radius 3 is 2.36 bits per heavy atom. The lowest BCUT2D eigenvalue weighted by Crippen LogP contribution is -2.38. The van der Waals surface area contributed by atoms with E-state index in [2.05, 4.69) is 10.6 Å². The van der Waals surface area contributed by atoms with Crippen LogP contribution in [0.2, 0.25) is 0 Å². The van der Waals surface area contributed by atoms with E-state index < -0.39 is 15.9 Å². The summed E-state index contributed by atoms with van der Waals surface area (Å²) in [5, 5.41) is 4.97. The molecule has 0 aliphatic rings. The van der Waals surface area contributed by atoms with Gasteiger partial charge in [-0.15, -0.1) is 12.4 Å². The van der Waals surface area contributed by atoms with Crippen LogP contribution in [-0.4, -0.2) is 57.3 Å². The summed E-state index contributed by atoms with van der Waals surface area (Å²) in [6, 6.07) is 5.74. The van der Waals surface area contributed by atoms with Crippen LogP contribution in [0.5, 0.6) is 0 Å². The summed E-state index contributed by atoms with van der Waals surface area (Å²) >= 11 is 0. The summed E-state index contributed by atoms with van der Waals surface area (Å²) in [5.41, 5.74) is 5.44. The van der Waals surface area contributed by atoms with Crippen LogP contribution in [0.3, 0.4) is 0 Å². The van der Waals surface area contributed by atoms with E-state index in [0.29, 0.717) is 26.2 Å². The predicted molar refractivity (Wildman–Crippen MR) is 98.2 cm³/mol. The second-order valence-electron chi connectivity index (χ2n) is 4.94. The van der Waals surface area contributed by atoms with Crippen LogP contribution in [0.25, 0.3) is 0 Å². The van der Waals surface area contributed by atoms with Gasteiger partial charge < -0.3 is 16.4 Å². The van der Waals surface area contributed by atoms with Crippen molar-refractivity contribution >= 4 is 34.2 Å². The second kappa shape index (κ2) is 11.0. The van der Waals surface area contributed by atoms with Gasteiger partial charge in [0.25, 0.3) is 5.91 Å². The largest absolute Gasteiger partial charge is 0.353 e. The zero-order valence-corrected chi connectivity index (χ0v) is 16.0. The summed E-state index contributed by atoms with van der Waals surface area (Å²) in [4.78, 5) is 23.6. The number of carbonyl (C=O) groups is 2. The molecule has 0 unspecified atom stereocenters. The predicted octanol–water partition coefficient (Wildman–Crippen LogP) is -0.0564. The molecule has 10 heteroatoms. The van der Waals surface area contributed by atoms with E-state index >= 15 is 0 Å². The van der Waals surface area contributed by atoms with Crippen LogP contribution >= 0.6 is 12.4 Å². The van der Waals surface area contributed by atoms with Crippen molar-refractivity contribution in [1.29, 1.82) is 0 Å². The number of nitrogens with two attached hydrogens (primary N) is 1. The molecule has 25 heavy (non-hydrogen) atoms. The zero-order chi connectivity index (χ0) is 18.2. The number of sulfonamides is 1. The molecule has 0 heterocycles. The molecule has 0 aromatic heterocycles. The number of halogens is 1. The Hall–Kier alpha value is -1.68. The number of nitrogens with zero attached hydrogens (tertiary/aromatic N) is 1. The third-order valence-corrected chi connectivity index (χ3v) is 5.36. The molecule has 0 aliphatic heterocycles. The molecule has 2 amide bonds. The van der Waals surface area contributed by atoms with E-state index in [1.54, 1.807) is 13.8 Å². The first-order valence-corrected chi connectivity index (χ1v) is 9.16. The quantitative estimate of drug-likeness (QED) is 0.543. The number of nitrogens with one attached hydrogen (secondary N) is 2. The Kier molecular flexibility index (Phi) is 10.3. The third kappa shape index (κ3) is 6.62. The van der Waals surface area contributed by atoms with Crippen LogP contribution in [0, 0.1) is 0 Å². The summed E-state index contributed by atoms with van der Waals surface area (Å²) in [6.07, 6.45) is 0. The highest BCUT2D eigenvalue weighted by Crippen LogP contribution is 2.16. The molecule has 0 bridgehead atoms. The second-order valence-corrected chi connectivity index (χ2v) is 6.88. The lowest BCUT2D eigenvalue weighted by molar-refractivity contribution is -0.120. The first-order chi connectivity index (χ1) is 11.4. The topological polar surface area (TPSA) is 122 Å². The maximum absolute atomic E-state index is 12.5. The SMILES string of the molecule is CCN(CC)S(=O)(=O)c1cccc(C(=O)NCC(=O)NCCN)c1.Cl. The molecular weight excluding hydrogens is 368 g/mol. The third-order valence-electron chi connectivity index (χ3n) is 3.32. The maximum Gasteiger partial charge on any atom is 0.251 e. The average molecular weight is 393 g/mol. The van der Waals surface area contributed by atoms with Gasteiger partial charge >= 0.3 is 0 Å². The van der Waals surface area contributed by atoms with Gasteiger partial charge in [-0.25, -0.2) is 8.42 Å². The van der Waals surface area contributed by atoms with Crippen molar-refractivity contribution in [1.82, 2.24) is 14.9 Å². The normalized spacial score (nSPS) is 10.9. The van der Waals surface area contributed by atoms with Gasteiger partial charge in [0.15, 0.2) is 0 Å². The van der Waals surface area contributed by atoms with E-state index in [1.807, 2.05) is 0 Å². The Labute approximate surface area is 154 Å². The lowest BCUT2D eigenvalue weighted by atomic mass is 10.2. The van der Waals surface area contributed by atoms with Crippen LogP contribution in [0.1, 0.15) is 24.2 Å². The molecule has 0 saturated heterocycles. The molecule has 4 N–H and O–H groups in total. The summed E-state index contributed by atoms with van der Waals surface area (Å²) < 4.78 is 26.3. The highest BCUT2D eigenvalue weighted by Gasteiger charge is 2.22. The average Bonchev–Trinajstić information content (AvgIpc) is 2.58. The monoisotopic (exact) mass is 392 g/mol. The van der Waals surface area contributed by atoms with Gasteiger partial charge in [-0.05, 0) is 18.2 Å². The van der Waals surface area contributed by atoms with Crippen LogP contribution in [0.4, 0.5) is 0 Å². The Morgan fingerprint density at radius 1 is 1.16 bits per heavy atom. The lowest BCUT2D eigenvalue weighted by Gasteiger charge is -2.18. The first-order valence-electron chi connectivity index (χ1n) is 7.72. The van der Waals surface area contributed by atoms with Crippen molar-refractivity contribution < 1.29 is 18.0 Å². The van der Waals surface area contributed by atoms with Gasteiger partial charge in [-0.1, -0.05) is 19.9 Å². The molecule has 142 valence electrons. The van der Waals surface area contributed by atoms with Crippen molar-refractivity contribution in [2.24, 2.45) is 5.73 Å². The van der Waals surface area contributed by atoms with Gasteiger partial charge in [0.05, 0.1) is 11.4 Å². The van der Waals surface area contributed by atoms with Gasteiger partial charge in [-0.3, -0.25) is 9.59 Å². The molecule has 0 atom stereocenters. The molecule has 0 fully saturated rings. The maximum atomic E-state index is 12.5. The minimum atomic E-state index is -3.64. The van der Waals surface area contributed by atoms with E-state index in [4.69, 9.17) is 5.73 Å².